The van der Waals surface area contributed by atoms with Gasteiger partial charge >= 0.3 is 5.97 Å². The van der Waals surface area contributed by atoms with Crippen molar-refractivity contribution in [3.8, 4) is 0 Å². The first-order valence-electron chi connectivity index (χ1n) is 9.66. The normalized spacial score (nSPS) is 15.2. The molecule has 29 heavy (non-hydrogen) atoms. The molecule has 2 aromatic rings. The first-order chi connectivity index (χ1) is 14.0. The Bertz CT molecular complexity index is 883. The van der Waals surface area contributed by atoms with E-state index in [0.717, 1.165) is 29.8 Å². The Morgan fingerprint density at radius 1 is 1.14 bits per heavy atom. The molecule has 1 aliphatic heterocycles. The van der Waals surface area contributed by atoms with Crippen LogP contribution in [-0.4, -0.2) is 29.6 Å². The smallest absolute Gasteiger partial charge is 0.307 e. The minimum absolute atomic E-state index is 0.0930. The summed E-state index contributed by atoms with van der Waals surface area (Å²) in [5.74, 6) is -1.23. The SMILES string of the molecule is CCCCc1ccc(NC(=O)COC(=O)C[C@@H]2Sc3ccccc3NC2=O)cc1. The van der Waals surface area contributed by atoms with E-state index in [1.807, 2.05) is 48.5 Å². The number of amides is 2. The average molecular weight is 413 g/mol. The van der Waals surface area contributed by atoms with Gasteiger partial charge in [-0.05, 0) is 42.7 Å². The van der Waals surface area contributed by atoms with Gasteiger partial charge in [-0.25, -0.2) is 0 Å². The van der Waals surface area contributed by atoms with Crippen molar-refractivity contribution in [3.05, 3.63) is 54.1 Å². The summed E-state index contributed by atoms with van der Waals surface area (Å²) >= 11 is 1.32. The Labute approximate surface area is 174 Å². The lowest BCUT2D eigenvalue weighted by Crippen LogP contribution is -2.32. The number of nitrogens with one attached hydrogen (secondary N) is 2. The molecule has 0 fully saturated rings. The van der Waals surface area contributed by atoms with Crippen LogP contribution < -0.4 is 10.6 Å². The van der Waals surface area contributed by atoms with E-state index < -0.39 is 17.1 Å². The van der Waals surface area contributed by atoms with Gasteiger partial charge in [-0.3, -0.25) is 14.4 Å². The number of benzene rings is 2. The van der Waals surface area contributed by atoms with Gasteiger partial charge in [0.25, 0.3) is 5.91 Å². The van der Waals surface area contributed by atoms with E-state index in [9.17, 15) is 14.4 Å². The minimum atomic E-state index is -0.581. The van der Waals surface area contributed by atoms with Gasteiger partial charge in [0.05, 0.1) is 17.4 Å². The summed E-state index contributed by atoms with van der Waals surface area (Å²) in [5.41, 5.74) is 2.62. The summed E-state index contributed by atoms with van der Waals surface area (Å²) in [6, 6.07) is 15.1. The predicted molar refractivity (Wildman–Crippen MR) is 114 cm³/mol. The highest BCUT2D eigenvalue weighted by molar-refractivity contribution is 8.01. The Hall–Kier alpha value is -2.80. The molecule has 2 aromatic carbocycles. The summed E-state index contributed by atoms with van der Waals surface area (Å²) in [4.78, 5) is 37.1. The number of aryl methyl sites for hydroxylation is 1. The molecule has 0 aromatic heterocycles. The molecular formula is C22H24N2O4S. The average Bonchev–Trinajstić information content (AvgIpc) is 2.72. The van der Waals surface area contributed by atoms with Crippen molar-refractivity contribution in [1.29, 1.82) is 0 Å². The summed E-state index contributed by atoms with van der Waals surface area (Å²) < 4.78 is 5.05. The minimum Gasteiger partial charge on any atom is -0.456 e. The number of fused-ring (bicyclic) bond motifs is 1. The van der Waals surface area contributed by atoms with E-state index in [-0.39, 0.29) is 18.9 Å². The van der Waals surface area contributed by atoms with Gasteiger partial charge in [0.1, 0.15) is 0 Å². The van der Waals surface area contributed by atoms with Crippen molar-refractivity contribution in [1.82, 2.24) is 0 Å². The van der Waals surface area contributed by atoms with Crippen molar-refractivity contribution >= 4 is 40.9 Å². The quantitative estimate of drug-likeness (QED) is 0.640. The molecule has 7 heteroatoms. The molecule has 1 heterocycles. The van der Waals surface area contributed by atoms with Crippen LogP contribution in [0.2, 0.25) is 0 Å². The molecule has 0 spiro atoms. The number of ether oxygens (including phenoxy) is 1. The van der Waals surface area contributed by atoms with Gasteiger partial charge in [-0.1, -0.05) is 37.6 Å². The monoisotopic (exact) mass is 412 g/mol. The summed E-state index contributed by atoms with van der Waals surface area (Å²) in [6.07, 6.45) is 3.19. The number of hydrogen-bond acceptors (Lipinski definition) is 5. The zero-order chi connectivity index (χ0) is 20.6. The molecule has 0 unspecified atom stereocenters. The summed E-state index contributed by atoms with van der Waals surface area (Å²) in [7, 11) is 0. The van der Waals surface area contributed by atoms with Crippen LogP contribution in [0.5, 0.6) is 0 Å². The lowest BCUT2D eigenvalue weighted by atomic mass is 10.1. The van der Waals surface area contributed by atoms with Crippen molar-refractivity contribution < 1.29 is 19.1 Å². The highest BCUT2D eigenvalue weighted by Gasteiger charge is 2.29. The van der Waals surface area contributed by atoms with Crippen LogP contribution in [0.25, 0.3) is 0 Å². The van der Waals surface area contributed by atoms with Crippen LogP contribution in [0, 0.1) is 0 Å². The van der Waals surface area contributed by atoms with Crippen molar-refractivity contribution in [3.63, 3.8) is 0 Å². The van der Waals surface area contributed by atoms with Crippen LogP contribution in [0.15, 0.2) is 53.4 Å². The third-order valence-corrected chi connectivity index (χ3v) is 5.75. The number of unbranched alkanes of at least 4 members (excludes halogenated alkanes) is 1. The Morgan fingerprint density at radius 3 is 2.66 bits per heavy atom. The molecule has 0 radical (unpaired) electrons. The Balaban J connectivity index is 1.43. The zero-order valence-electron chi connectivity index (χ0n) is 16.3. The summed E-state index contributed by atoms with van der Waals surface area (Å²) in [5, 5.41) is 4.92. The Kier molecular flexibility index (Phi) is 7.30. The molecule has 0 bridgehead atoms. The Morgan fingerprint density at radius 2 is 1.90 bits per heavy atom. The third kappa shape index (κ3) is 6.09. The van der Waals surface area contributed by atoms with Gasteiger partial charge < -0.3 is 15.4 Å². The second kappa shape index (κ2) is 10.1. The number of carbonyl (C=O) groups excluding carboxylic acids is 3. The maximum atomic E-state index is 12.1. The molecule has 1 atom stereocenters. The second-order valence-corrected chi connectivity index (χ2v) is 8.05. The molecule has 6 nitrogen and oxygen atoms in total. The molecular weight excluding hydrogens is 388 g/mol. The highest BCUT2D eigenvalue weighted by atomic mass is 32.2. The van der Waals surface area contributed by atoms with Crippen LogP contribution in [0.3, 0.4) is 0 Å². The lowest BCUT2D eigenvalue weighted by molar-refractivity contribution is -0.147. The van der Waals surface area contributed by atoms with Gasteiger partial charge in [-0.15, -0.1) is 11.8 Å². The molecule has 2 N–H and O–H groups in total. The molecule has 3 rings (SSSR count). The fourth-order valence-electron chi connectivity index (χ4n) is 2.92. The van der Waals surface area contributed by atoms with E-state index in [1.165, 1.54) is 17.3 Å². The molecule has 0 saturated heterocycles. The number of esters is 1. The van der Waals surface area contributed by atoms with E-state index >= 15 is 0 Å². The number of rotatable bonds is 8. The molecule has 0 aliphatic carbocycles. The molecule has 152 valence electrons. The number of para-hydroxylation sites is 1. The zero-order valence-corrected chi connectivity index (χ0v) is 17.1. The lowest BCUT2D eigenvalue weighted by Gasteiger charge is -2.23. The van der Waals surface area contributed by atoms with Gasteiger partial charge in [0.2, 0.25) is 5.91 Å². The standard InChI is InChI=1S/C22H24N2O4S/c1-2-3-6-15-9-11-16(12-10-15)23-20(25)14-28-21(26)13-19-22(27)24-17-7-4-5-8-18(17)29-19/h4-5,7-12,19H,2-3,6,13-14H2,1H3,(H,23,25)(H,24,27)/t19-/m0/s1. The fourth-order valence-corrected chi connectivity index (χ4v) is 4.01. The van der Waals surface area contributed by atoms with E-state index in [0.29, 0.717) is 5.69 Å². The van der Waals surface area contributed by atoms with Crippen molar-refractivity contribution in [2.75, 3.05) is 17.2 Å². The predicted octanol–water partition coefficient (Wildman–Crippen LogP) is 4.01. The molecule has 1 aliphatic rings. The highest BCUT2D eigenvalue weighted by Crippen LogP contribution is 2.36. The molecule has 2 amide bonds. The largest absolute Gasteiger partial charge is 0.456 e. The number of hydrogen-bond donors (Lipinski definition) is 2. The van der Waals surface area contributed by atoms with Gasteiger partial charge in [-0.2, -0.15) is 0 Å². The van der Waals surface area contributed by atoms with Crippen LogP contribution in [0.1, 0.15) is 31.7 Å². The summed E-state index contributed by atoms with van der Waals surface area (Å²) in [6.45, 7) is 1.76. The molecule has 0 saturated carbocycles. The topological polar surface area (TPSA) is 84.5 Å². The maximum Gasteiger partial charge on any atom is 0.307 e. The number of anilines is 2. The number of carbonyl (C=O) groups is 3. The van der Waals surface area contributed by atoms with Gasteiger partial charge in [0, 0.05) is 10.6 Å². The van der Waals surface area contributed by atoms with E-state index in [1.54, 1.807) is 0 Å². The fraction of sp³-hybridized carbons (Fsp3) is 0.318. The van der Waals surface area contributed by atoms with Crippen LogP contribution >= 0.6 is 11.8 Å². The van der Waals surface area contributed by atoms with Crippen LogP contribution in [0.4, 0.5) is 11.4 Å². The van der Waals surface area contributed by atoms with Crippen molar-refractivity contribution in [2.45, 2.75) is 42.8 Å². The van der Waals surface area contributed by atoms with E-state index in [4.69, 9.17) is 4.74 Å². The van der Waals surface area contributed by atoms with Crippen LogP contribution in [-0.2, 0) is 25.5 Å². The third-order valence-electron chi connectivity index (χ3n) is 4.48. The first kappa shape index (κ1) is 20.9. The second-order valence-electron chi connectivity index (χ2n) is 6.81. The van der Waals surface area contributed by atoms with E-state index in [2.05, 4.69) is 17.6 Å². The maximum absolute atomic E-state index is 12.1. The van der Waals surface area contributed by atoms with Gasteiger partial charge in [0.15, 0.2) is 6.61 Å². The van der Waals surface area contributed by atoms with Crippen molar-refractivity contribution in [2.24, 2.45) is 0 Å². The number of thioether (sulfide) groups is 1. The first-order valence-corrected chi connectivity index (χ1v) is 10.5.